The monoisotopic (exact) mass is 499 g/mol. The molecule has 0 saturated carbocycles. The summed E-state index contributed by atoms with van der Waals surface area (Å²) >= 11 is 0. The second kappa shape index (κ2) is 8.38. The van der Waals surface area contributed by atoms with E-state index >= 15 is 0 Å². The number of fused-ring (bicyclic) bond motifs is 4. The van der Waals surface area contributed by atoms with Gasteiger partial charge in [0.15, 0.2) is 0 Å². The Labute approximate surface area is 220 Å². The van der Waals surface area contributed by atoms with Crippen LogP contribution in [0.5, 0.6) is 0 Å². The Morgan fingerprint density at radius 3 is 2.53 bits per heavy atom. The highest BCUT2D eigenvalue weighted by molar-refractivity contribution is 6.08. The van der Waals surface area contributed by atoms with Crippen LogP contribution in [0.4, 0.5) is 11.4 Å². The third-order valence-electron chi connectivity index (χ3n) is 7.73. The quantitative estimate of drug-likeness (QED) is 0.334. The molecule has 0 fully saturated rings. The number of benzene rings is 2. The zero-order valence-electron chi connectivity index (χ0n) is 21.2. The number of amides is 2. The van der Waals surface area contributed by atoms with Gasteiger partial charge in [0.05, 0.1) is 12.1 Å². The zero-order valence-corrected chi connectivity index (χ0v) is 21.2. The molecule has 0 unspecified atom stereocenters. The minimum Gasteiger partial charge on any atom is -0.339 e. The fourth-order valence-electron chi connectivity index (χ4n) is 5.67. The topological polar surface area (TPSA) is 71.3 Å². The van der Waals surface area contributed by atoms with Gasteiger partial charge in [-0.3, -0.25) is 19.5 Å². The van der Waals surface area contributed by atoms with Crippen molar-refractivity contribution in [3.05, 3.63) is 96.1 Å². The van der Waals surface area contributed by atoms with Crippen molar-refractivity contribution in [3.63, 3.8) is 0 Å². The summed E-state index contributed by atoms with van der Waals surface area (Å²) in [6.07, 6.45) is 5.92. The van der Waals surface area contributed by atoms with Gasteiger partial charge in [-0.1, -0.05) is 24.3 Å². The molecule has 0 N–H and O–H groups in total. The first kappa shape index (κ1) is 22.4. The average Bonchev–Trinajstić information content (AvgIpc) is 3.49. The van der Waals surface area contributed by atoms with Crippen LogP contribution in [-0.4, -0.2) is 44.8 Å². The first-order chi connectivity index (χ1) is 18.5. The fourth-order valence-corrected chi connectivity index (χ4v) is 5.67. The second-order valence-corrected chi connectivity index (χ2v) is 9.99. The lowest BCUT2D eigenvalue weighted by Gasteiger charge is -2.24. The SMILES string of the molecule is Cc1cccc2c1CC(=O)N2c1ccc(-c2cncc(-c3ccnc4c3cc3n4CCN(C)C3=O)c2)cc1. The van der Waals surface area contributed by atoms with E-state index in [4.69, 9.17) is 0 Å². The molecule has 7 heteroatoms. The van der Waals surface area contributed by atoms with Crippen LogP contribution in [0, 0.1) is 6.92 Å². The molecule has 2 amide bonds. The van der Waals surface area contributed by atoms with Crippen LogP contribution >= 0.6 is 0 Å². The molecule has 5 aromatic rings. The Bertz CT molecular complexity index is 1770. The van der Waals surface area contributed by atoms with Crippen molar-refractivity contribution in [1.29, 1.82) is 0 Å². The number of nitrogens with zero attached hydrogens (tertiary/aromatic N) is 5. The highest BCUT2D eigenvalue weighted by Gasteiger charge is 2.29. The summed E-state index contributed by atoms with van der Waals surface area (Å²) in [5.74, 6) is 0.105. The van der Waals surface area contributed by atoms with E-state index in [1.165, 1.54) is 0 Å². The van der Waals surface area contributed by atoms with E-state index < -0.39 is 0 Å². The number of hydrogen-bond donors (Lipinski definition) is 0. The van der Waals surface area contributed by atoms with Crippen molar-refractivity contribution in [1.82, 2.24) is 19.4 Å². The Hall–Kier alpha value is -4.78. The van der Waals surface area contributed by atoms with E-state index in [1.54, 1.807) is 11.1 Å². The van der Waals surface area contributed by atoms with Crippen LogP contribution < -0.4 is 4.90 Å². The highest BCUT2D eigenvalue weighted by atomic mass is 16.2. The molecular weight excluding hydrogens is 474 g/mol. The molecule has 0 atom stereocenters. The second-order valence-electron chi connectivity index (χ2n) is 9.99. The molecule has 0 aliphatic carbocycles. The predicted octanol–water partition coefficient (Wildman–Crippen LogP) is 5.38. The minimum absolute atomic E-state index is 0.0152. The molecule has 0 radical (unpaired) electrons. The molecule has 7 nitrogen and oxygen atoms in total. The van der Waals surface area contributed by atoms with Crippen molar-refractivity contribution in [2.24, 2.45) is 0 Å². The smallest absolute Gasteiger partial charge is 0.270 e. The summed E-state index contributed by atoms with van der Waals surface area (Å²) in [5.41, 5.74) is 9.49. The summed E-state index contributed by atoms with van der Waals surface area (Å²) < 4.78 is 2.01. The van der Waals surface area contributed by atoms with Crippen LogP contribution in [-0.2, 0) is 17.8 Å². The van der Waals surface area contributed by atoms with Gasteiger partial charge in [-0.05, 0) is 65.6 Å². The van der Waals surface area contributed by atoms with Gasteiger partial charge in [0.2, 0.25) is 5.91 Å². The van der Waals surface area contributed by atoms with Gasteiger partial charge in [-0.2, -0.15) is 0 Å². The molecule has 0 spiro atoms. The number of rotatable bonds is 3. The molecule has 38 heavy (non-hydrogen) atoms. The highest BCUT2D eigenvalue weighted by Crippen LogP contribution is 2.38. The number of aryl methyl sites for hydroxylation is 1. The molecule has 5 heterocycles. The Morgan fingerprint density at radius 1 is 0.868 bits per heavy atom. The first-order valence-corrected chi connectivity index (χ1v) is 12.7. The van der Waals surface area contributed by atoms with Crippen LogP contribution in [0.3, 0.4) is 0 Å². The van der Waals surface area contributed by atoms with Gasteiger partial charge in [-0.25, -0.2) is 4.98 Å². The molecule has 3 aromatic heterocycles. The number of anilines is 2. The molecule has 2 aliphatic heterocycles. The van der Waals surface area contributed by atoms with Gasteiger partial charge in [0.1, 0.15) is 11.3 Å². The normalized spacial score (nSPS) is 14.8. The fraction of sp³-hybridized carbons (Fsp3) is 0.161. The summed E-state index contributed by atoms with van der Waals surface area (Å²) in [7, 11) is 1.83. The standard InChI is InChI=1S/C31H25N5O2/c1-19-4-3-5-27-25(19)16-29(37)36(27)23-8-6-20(7-9-23)21-14-22(18-32-17-21)24-10-11-33-30-26(24)15-28-31(38)34(2)12-13-35(28)30/h3-11,14-15,17-18H,12-13,16H2,1-2H3. The number of likely N-dealkylation sites (N-methyl/N-ethyl adjacent to an activating group) is 1. The van der Waals surface area contributed by atoms with E-state index in [-0.39, 0.29) is 11.8 Å². The van der Waals surface area contributed by atoms with Gasteiger partial charge < -0.3 is 9.47 Å². The Kier molecular flexibility index (Phi) is 4.94. The van der Waals surface area contributed by atoms with Crippen LogP contribution in [0.25, 0.3) is 33.3 Å². The maximum Gasteiger partial charge on any atom is 0.270 e. The number of carbonyl (C=O) groups is 2. The Morgan fingerprint density at radius 2 is 1.68 bits per heavy atom. The summed E-state index contributed by atoms with van der Waals surface area (Å²) in [6.45, 7) is 3.45. The van der Waals surface area contributed by atoms with Crippen molar-refractivity contribution in [2.75, 3.05) is 18.5 Å². The first-order valence-electron chi connectivity index (χ1n) is 12.7. The lowest BCUT2D eigenvalue weighted by molar-refractivity contribution is -0.116. The molecule has 0 bridgehead atoms. The number of aromatic nitrogens is 3. The lowest BCUT2D eigenvalue weighted by atomic mass is 10.0. The summed E-state index contributed by atoms with van der Waals surface area (Å²) in [6, 6.07) is 20.1. The molecule has 186 valence electrons. The maximum absolute atomic E-state index is 12.8. The summed E-state index contributed by atoms with van der Waals surface area (Å²) in [5, 5.41) is 0.946. The van der Waals surface area contributed by atoms with Crippen LogP contribution in [0.1, 0.15) is 21.6 Å². The zero-order chi connectivity index (χ0) is 26.0. The predicted molar refractivity (Wildman–Crippen MR) is 147 cm³/mol. The van der Waals surface area contributed by atoms with E-state index in [1.807, 2.05) is 77.4 Å². The van der Waals surface area contributed by atoms with Gasteiger partial charge in [0.25, 0.3) is 5.91 Å². The molecule has 7 rings (SSSR count). The lowest BCUT2D eigenvalue weighted by Crippen LogP contribution is -2.36. The minimum atomic E-state index is 0.0152. The third-order valence-corrected chi connectivity index (χ3v) is 7.73. The van der Waals surface area contributed by atoms with Gasteiger partial charge in [0, 0.05) is 60.9 Å². The molecular formula is C31H25N5O2. The molecule has 2 aliphatic rings. The molecule has 0 saturated heterocycles. The maximum atomic E-state index is 12.8. The van der Waals surface area contributed by atoms with Crippen molar-refractivity contribution < 1.29 is 9.59 Å². The van der Waals surface area contributed by atoms with E-state index in [9.17, 15) is 9.59 Å². The molecule has 2 aromatic carbocycles. The van der Waals surface area contributed by atoms with E-state index in [0.29, 0.717) is 18.7 Å². The van der Waals surface area contributed by atoms with Gasteiger partial charge >= 0.3 is 0 Å². The largest absolute Gasteiger partial charge is 0.339 e. The van der Waals surface area contributed by atoms with Crippen LogP contribution in [0.15, 0.2) is 79.3 Å². The van der Waals surface area contributed by atoms with Crippen LogP contribution in [0.2, 0.25) is 0 Å². The third kappa shape index (κ3) is 3.35. The number of hydrogen-bond acceptors (Lipinski definition) is 4. The summed E-state index contributed by atoms with van der Waals surface area (Å²) in [4.78, 5) is 38.3. The van der Waals surface area contributed by atoms with Gasteiger partial charge in [-0.15, -0.1) is 0 Å². The van der Waals surface area contributed by atoms with Crippen molar-refractivity contribution in [2.45, 2.75) is 19.9 Å². The van der Waals surface area contributed by atoms with Crippen molar-refractivity contribution >= 4 is 34.2 Å². The van der Waals surface area contributed by atoms with E-state index in [2.05, 4.69) is 29.0 Å². The number of pyridine rings is 2. The average molecular weight is 500 g/mol. The Balaban J connectivity index is 1.25. The van der Waals surface area contributed by atoms with Crippen molar-refractivity contribution in [3.8, 4) is 22.3 Å². The number of carbonyl (C=O) groups excluding carboxylic acids is 2. The van der Waals surface area contributed by atoms with E-state index in [0.717, 1.165) is 62.3 Å².